The lowest BCUT2D eigenvalue weighted by Crippen LogP contribution is -2.40. The molecule has 0 fully saturated rings. The number of hydrogen-bond donors (Lipinski definition) is 1. The highest BCUT2D eigenvalue weighted by Crippen LogP contribution is 2.35. The Kier molecular flexibility index (Phi) is 12.2. The first kappa shape index (κ1) is 24.6. The fourth-order valence-corrected chi connectivity index (χ4v) is 4.35. The Morgan fingerprint density at radius 3 is 1.93 bits per heavy atom. The van der Waals surface area contributed by atoms with Gasteiger partial charge in [0.15, 0.2) is 0 Å². The van der Waals surface area contributed by atoms with Gasteiger partial charge in [0.25, 0.3) is 0 Å². The maximum atomic E-state index is 10.7. The molecular weight excluding hydrogens is 471 g/mol. The quantitative estimate of drug-likeness (QED) is 0.194. The van der Waals surface area contributed by atoms with E-state index in [4.69, 9.17) is 4.74 Å². The Morgan fingerprint density at radius 1 is 0.828 bits per heavy atom. The minimum Gasteiger partial charge on any atom is -0.385 e. The van der Waals surface area contributed by atoms with E-state index in [1.54, 1.807) is 0 Å². The average Bonchev–Trinajstić information content (AvgIpc) is 2.73. The summed E-state index contributed by atoms with van der Waals surface area (Å²) in [5, 5.41) is 10.7. The molecule has 2 rings (SSSR count). The van der Waals surface area contributed by atoms with Crippen LogP contribution in [0.3, 0.4) is 0 Å². The van der Waals surface area contributed by atoms with Gasteiger partial charge in [-0.2, -0.15) is 0 Å². The third-order valence-corrected chi connectivity index (χ3v) is 6.54. The molecule has 2 unspecified atom stereocenters. The lowest BCUT2D eigenvalue weighted by Gasteiger charge is -2.36. The molecule has 3 heteroatoms. The number of aliphatic hydroxyl groups is 1. The number of unbranched alkanes of at least 4 members (excludes halogenated alkanes) is 11. The molecule has 2 nitrogen and oxygen atoms in total. The molecule has 1 N–H and O–H groups in total. The molecule has 0 saturated carbocycles. The van der Waals surface area contributed by atoms with Crippen LogP contribution >= 0.6 is 22.6 Å². The number of ether oxygens (including phenoxy) is 1. The van der Waals surface area contributed by atoms with E-state index >= 15 is 0 Å². The Hall–Kier alpha value is -0.650. The van der Waals surface area contributed by atoms with E-state index in [1.807, 2.05) is 24.3 Å². The van der Waals surface area contributed by atoms with Crippen LogP contribution in [-0.4, -0.2) is 17.8 Å². The van der Waals surface area contributed by atoms with Gasteiger partial charge in [0.1, 0.15) is 11.7 Å². The van der Waals surface area contributed by atoms with Crippen LogP contribution in [0, 0.1) is 3.57 Å². The zero-order chi connectivity index (χ0) is 20.8. The highest BCUT2D eigenvalue weighted by molar-refractivity contribution is 14.1. The van der Waals surface area contributed by atoms with Crippen molar-refractivity contribution in [2.45, 2.75) is 95.7 Å². The van der Waals surface area contributed by atoms with Crippen LogP contribution in [0.4, 0.5) is 0 Å². The average molecular weight is 510 g/mol. The van der Waals surface area contributed by atoms with E-state index in [0.717, 1.165) is 12.0 Å². The number of halogens is 1. The number of benzene rings is 1. The van der Waals surface area contributed by atoms with E-state index in [9.17, 15) is 5.11 Å². The zero-order valence-corrected chi connectivity index (χ0v) is 20.3. The largest absolute Gasteiger partial charge is 0.385 e. The highest BCUT2D eigenvalue weighted by atomic mass is 127. The highest BCUT2D eigenvalue weighted by Gasteiger charge is 2.38. The van der Waals surface area contributed by atoms with Crippen molar-refractivity contribution < 1.29 is 9.84 Å². The van der Waals surface area contributed by atoms with Gasteiger partial charge in [-0.25, -0.2) is 0 Å². The van der Waals surface area contributed by atoms with Gasteiger partial charge in [-0.3, -0.25) is 0 Å². The van der Waals surface area contributed by atoms with Crippen molar-refractivity contribution in [2.24, 2.45) is 0 Å². The van der Waals surface area contributed by atoms with Crippen molar-refractivity contribution in [1.82, 2.24) is 0 Å². The molecule has 162 valence electrons. The Morgan fingerprint density at radius 2 is 1.38 bits per heavy atom. The standard InChI is InChI=1S/C26H39IO2/c1-2-3-4-5-6-7-8-9-10-11-12-15-22-29-26(21-14-13-16-25(26)28)23-17-19-24(27)20-18-23/h13-14,16-21,25,28H,2-12,15,22H2,1H3. The van der Waals surface area contributed by atoms with Crippen LogP contribution in [0.2, 0.25) is 0 Å². The van der Waals surface area contributed by atoms with Crippen molar-refractivity contribution >= 4 is 22.6 Å². The van der Waals surface area contributed by atoms with Crippen LogP contribution in [0.1, 0.15) is 89.5 Å². The smallest absolute Gasteiger partial charge is 0.141 e. The lowest BCUT2D eigenvalue weighted by atomic mass is 9.84. The molecule has 0 heterocycles. The summed E-state index contributed by atoms with van der Waals surface area (Å²) in [6, 6.07) is 8.28. The number of rotatable bonds is 15. The molecule has 0 saturated heterocycles. The summed E-state index contributed by atoms with van der Waals surface area (Å²) in [7, 11) is 0. The number of allylic oxidation sites excluding steroid dienone is 2. The number of hydrogen-bond acceptors (Lipinski definition) is 2. The van der Waals surface area contributed by atoms with Gasteiger partial charge in [0.2, 0.25) is 0 Å². The second-order valence-corrected chi connectivity index (χ2v) is 9.47. The lowest BCUT2D eigenvalue weighted by molar-refractivity contribution is -0.0815. The van der Waals surface area contributed by atoms with Crippen LogP contribution in [0.25, 0.3) is 0 Å². The predicted molar refractivity (Wildman–Crippen MR) is 132 cm³/mol. The van der Waals surface area contributed by atoms with Crippen LogP contribution in [0.15, 0.2) is 48.6 Å². The first-order chi connectivity index (χ1) is 14.2. The predicted octanol–water partition coefficient (Wildman–Crippen LogP) is 7.69. The first-order valence-corrected chi connectivity index (χ1v) is 12.7. The third-order valence-electron chi connectivity index (χ3n) is 5.82. The van der Waals surface area contributed by atoms with Crippen molar-refractivity contribution in [3.8, 4) is 0 Å². The van der Waals surface area contributed by atoms with Gasteiger partial charge in [-0.05, 0) is 52.8 Å². The molecule has 29 heavy (non-hydrogen) atoms. The Labute approximate surface area is 192 Å². The normalized spacial score (nSPS) is 21.0. The van der Waals surface area contributed by atoms with E-state index in [1.165, 1.54) is 74.2 Å². The molecular formula is C26H39IO2. The maximum absolute atomic E-state index is 10.7. The molecule has 2 atom stereocenters. The summed E-state index contributed by atoms with van der Waals surface area (Å²) in [5.74, 6) is 0. The first-order valence-electron chi connectivity index (χ1n) is 11.6. The van der Waals surface area contributed by atoms with Crippen LogP contribution in [0.5, 0.6) is 0 Å². The molecule has 0 bridgehead atoms. The maximum Gasteiger partial charge on any atom is 0.141 e. The monoisotopic (exact) mass is 510 g/mol. The molecule has 0 aliphatic heterocycles. The van der Waals surface area contributed by atoms with Crippen molar-refractivity contribution in [3.05, 3.63) is 57.7 Å². The second-order valence-electron chi connectivity index (χ2n) is 8.23. The topological polar surface area (TPSA) is 29.5 Å². The van der Waals surface area contributed by atoms with Gasteiger partial charge < -0.3 is 9.84 Å². The second kappa shape index (κ2) is 14.4. The molecule has 1 aromatic rings. The summed E-state index contributed by atoms with van der Waals surface area (Å²) >= 11 is 2.30. The SMILES string of the molecule is CCCCCCCCCCCCCCOC1(c2ccc(I)cc2)C=CC=CC1O. The minimum atomic E-state index is -0.753. The molecule has 0 spiro atoms. The summed E-state index contributed by atoms with van der Waals surface area (Å²) in [6.45, 7) is 2.96. The van der Waals surface area contributed by atoms with E-state index < -0.39 is 11.7 Å². The summed E-state index contributed by atoms with van der Waals surface area (Å²) in [5.41, 5.74) is 0.265. The summed E-state index contributed by atoms with van der Waals surface area (Å²) in [6.07, 6.45) is 23.1. The van der Waals surface area contributed by atoms with Gasteiger partial charge >= 0.3 is 0 Å². The fraction of sp³-hybridized carbons (Fsp3) is 0.615. The summed E-state index contributed by atoms with van der Waals surface area (Å²) in [4.78, 5) is 0. The Bertz CT molecular complexity index is 608. The zero-order valence-electron chi connectivity index (χ0n) is 18.1. The molecule has 1 aromatic carbocycles. The fourth-order valence-electron chi connectivity index (χ4n) is 3.99. The third kappa shape index (κ3) is 8.55. The molecule has 1 aliphatic rings. The van der Waals surface area contributed by atoms with Gasteiger partial charge in [0, 0.05) is 10.2 Å². The Balaban J connectivity index is 1.63. The van der Waals surface area contributed by atoms with Crippen molar-refractivity contribution in [3.63, 3.8) is 0 Å². The molecule has 0 radical (unpaired) electrons. The molecule has 1 aliphatic carbocycles. The van der Waals surface area contributed by atoms with Crippen molar-refractivity contribution in [1.29, 1.82) is 0 Å². The van der Waals surface area contributed by atoms with Crippen LogP contribution in [-0.2, 0) is 10.3 Å². The van der Waals surface area contributed by atoms with Crippen molar-refractivity contribution in [2.75, 3.05) is 6.61 Å². The van der Waals surface area contributed by atoms with E-state index in [-0.39, 0.29) is 0 Å². The number of aliphatic hydroxyl groups excluding tert-OH is 1. The van der Waals surface area contributed by atoms with Gasteiger partial charge in [-0.15, -0.1) is 0 Å². The molecule has 0 aromatic heterocycles. The van der Waals surface area contributed by atoms with Gasteiger partial charge in [-0.1, -0.05) is 108 Å². The van der Waals surface area contributed by atoms with E-state index in [0.29, 0.717) is 6.61 Å². The van der Waals surface area contributed by atoms with Gasteiger partial charge in [0.05, 0.1) is 0 Å². The van der Waals surface area contributed by atoms with Crippen LogP contribution < -0.4 is 0 Å². The summed E-state index contributed by atoms with van der Waals surface area (Å²) < 4.78 is 7.50. The molecule has 0 amide bonds. The van der Waals surface area contributed by atoms with E-state index in [2.05, 4.69) is 53.8 Å². The minimum absolute atomic E-state index is 0.648.